The summed E-state index contributed by atoms with van der Waals surface area (Å²) < 4.78 is 41.4. The lowest BCUT2D eigenvalue weighted by Crippen LogP contribution is -2.51. The van der Waals surface area contributed by atoms with Crippen molar-refractivity contribution in [3.05, 3.63) is 40.7 Å². The molecule has 1 fully saturated rings. The molecule has 1 amide bonds. The Balaban J connectivity index is 1.69. The Bertz CT molecular complexity index is 914. The van der Waals surface area contributed by atoms with Crippen LogP contribution in [-0.2, 0) is 9.53 Å². The van der Waals surface area contributed by atoms with Crippen molar-refractivity contribution in [2.24, 2.45) is 0 Å². The van der Waals surface area contributed by atoms with Crippen molar-refractivity contribution < 1.29 is 27.6 Å². The van der Waals surface area contributed by atoms with Crippen LogP contribution in [0.2, 0.25) is 0 Å². The number of halogens is 3. The molecule has 0 unspecified atom stereocenters. The van der Waals surface area contributed by atoms with E-state index in [1.807, 2.05) is 4.90 Å². The topological polar surface area (TPSA) is 88.8 Å². The van der Waals surface area contributed by atoms with Crippen molar-refractivity contribution in [3.63, 3.8) is 0 Å². The predicted molar refractivity (Wildman–Crippen MR) is 98.7 cm³/mol. The van der Waals surface area contributed by atoms with Gasteiger partial charge >= 0.3 is 6.18 Å². The van der Waals surface area contributed by atoms with E-state index in [0.29, 0.717) is 37.0 Å². The first-order valence-corrected chi connectivity index (χ1v) is 8.90. The number of fused-ring (bicyclic) bond motifs is 1. The molecule has 0 N–H and O–H groups in total. The monoisotopic (exact) mass is 412 g/mol. The van der Waals surface area contributed by atoms with Gasteiger partial charge in [0.2, 0.25) is 0 Å². The van der Waals surface area contributed by atoms with Gasteiger partial charge in [-0.05, 0) is 19.1 Å². The van der Waals surface area contributed by atoms with Crippen molar-refractivity contribution in [2.75, 3.05) is 37.7 Å². The maximum atomic E-state index is 12.3. The molecule has 1 aliphatic rings. The van der Waals surface area contributed by atoms with Crippen LogP contribution in [0.1, 0.15) is 6.92 Å². The van der Waals surface area contributed by atoms with Gasteiger partial charge in [0.1, 0.15) is 12.7 Å². The van der Waals surface area contributed by atoms with E-state index in [0.717, 1.165) is 5.69 Å². The van der Waals surface area contributed by atoms with E-state index in [4.69, 9.17) is 0 Å². The summed E-state index contributed by atoms with van der Waals surface area (Å²) >= 11 is 0. The van der Waals surface area contributed by atoms with E-state index in [1.54, 1.807) is 18.3 Å². The summed E-state index contributed by atoms with van der Waals surface area (Å²) in [6.45, 7) is 1.32. The van der Waals surface area contributed by atoms with Crippen LogP contribution in [0.4, 0.5) is 24.5 Å². The lowest BCUT2D eigenvalue weighted by Gasteiger charge is -2.37. The highest BCUT2D eigenvalue weighted by Crippen LogP contribution is 2.33. The molecule has 0 radical (unpaired) electrons. The molecule has 1 aliphatic heterocycles. The number of nitrogens with zero attached hydrogens (tertiary/aromatic N) is 4. The standard InChI is InChI=1S/C18H19F3N4O4/c1-12(29-11-18(19,20)21)17(26)24-8-6-23(7-9-24)15-2-3-16(25(27)28)14-10-22-5-4-13(14)15/h2-5,10,12H,6-9,11H2,1H3/t12-/m0/s1. The minimum atomic E-state index is -4.49. The summed E-state index contributed by atoms with van der Waals surface area (Å²) in [5.41, 5.74) is 0.739. The van der Waals surface area contributed by atoms with Crippen LogP contribution in [-0.4, -0.2) is 65.8 Å². The fourth-order valence-corrected chi connectivity index (χ4v) is 3.31. The van der Waals surface area contributed by atoms with E-state index in [2.05, 4.69) is 9.72 Å². The van der Waals surface area contributed by atoms with Crippen molar-refractivity contribution in [3.8, 4) is 0 Å². The normalized spacial score (nSPS) is 16.1. The summed E-state index contributed by atoms with van der Waals surface area (Å²) in [7, 11) is 0. The number of aromatic nitrogens is 1. The minimum absolute atomic E-state index is 0.0405. The molecule has 2 heterocycles. The third kappa shape index (κ3) is 4.73. The van der Waals surface area contributed by atoms with Crippen LogP contribution in [0.3, 0.4) is 0 Å². The van der Waals surface area contributed by atoms with E-state index in [1.165, 1.54) is 24.1 Å². The number of hydrogen-bond acceptors (Lipinski definition) is 6. The maximum Gasteiger partial charge on any atom is 0.411 e. The lowest BCUT2D eigenvalue weighted by atomic mass is 10.1. The summed E-state index contributed by atoms with van der Waals surface area (Å²) in [4.78, 5) is 30.5. The first kappa shape index (κ1) is 20.8. The van der Waals surface area contributed by atoms with Crippen LogP contribution < -0.4 is 4.90 Å². The highest BCUT2D eigenvalue weighted by atomic mass is 19.4. The second kappa shape index (κ2) is 8.19. The summed E-state index contributed by atoms with van der Waals surface area (Å²) in [5.74, 6) is -0.494. The number of benzene rings is 1. The molecule has 1 saturated heterocycles. The number of rotatable bonds is 5. The number of nitro groups is 1. The molecule has 3 rings (SSSR count). The average molecular weight is 412 g/mol. The molecule has 0 spiro atoms. The molecule has 156 valence electrons. The number of nitro benzene ring substituents is 1. The molecular weight excluding hydrogens is 393 g/mol. The third-order valence-electron chi connectivity index (χ3n) is 4.75. The number of carbonyl (C=O) groups excluding carboxylic acids is 1. The zero-order chi connectivity index (χ0) is 21.2. The number of carbonyl (C=O) groups is 1. The Kier molecular flexibility index (Phi) is 5.87. The second-order valence-electron chi connectivity index (χ2n) is 6.66. The number of ether oxygens (including phenoxy) is 1. The molecule has 1 atom stereocenters. The highest BCUT2D eigenvalue weighted by molar-refractivity contribution is 5.99. The number of anilines is 1. The molecule has 1 aromatic carbocycles. The Morgan fingerprint density at radius 3 is 2.55 bits per heavy atom. The number of non-ortho nitro benzene ring substituents is 1. The van der Waals surface area contributed by atoms with Gasteiger partial charge in [-0.3, -0.25) is 19.9 Å². The van der Waals surface area contributed by atoms with Gasteiger partial charge in [0.05, 0.1) is 10.3 Å². The molecule has 11 heteroatoms. The highest BCUT2D eigenvalue weighted by Gasteiger charge is 2.32. The van der Waals surface area contributed by atoms with Crippen molar-refractivity contribution >= 4 is 28.1 Å². The Labute approximate surface area is 164 Å². The summed E-state index contributed by atoms with van der Waals surface area (Å²) in [5, 5.41) is 12.3. The predicted octanol–water partition coefficient (Wildman–Crippen LogP) is 2.76. The van der Waals surface area contributed by atoms with Crippen molar-refractivity contribution in [1.29, 1.82) is 0 Å². The van der Waals surface area contributed by atoms with E-state index >= 15 is 0 Å². The van der Waals surface area contributed by atoms with Crippen LogP contribution in [0.15, 0.2) is 30.6 Å². The van der Waals surface area contributed by atoms with Crippen LogP contribution in [0.5, 0.6) is 0 Å². The first-order valence-electron chi connectivity index (χ1n) is 8.90. The number of pyridine rings is 1. The third-order valence-corrected chi connectivity index (χ3v) is 4.75. The zero-order valence-electron chi connectivity index (χ0n) is 15.6. The largest absolute Gasteiger partial charge is 0.411 e. The smallest absolute Gasteiger partial charge is 0.367 e. The van der Waals surface area contributed by atoms with Gasteiger partial charge in [-0.25, -0.2) is 0 Å². The van der Waals surface area contributed by atoms with Crippen LogP contribution in [0, 0.1) is 10.1 Å². The molecule has 1 aromatic heterocycles. The Morgan fingerprint density at radius 1 is 1.24 bits per heavy atom. The van der Waals surface area contributed by atoms with Crippen LogP contribution >= 0.6 is 0 Å². The van der Waals surface area contributed by atoms with E-state index in [9.17, 15) is 28.1 Å². The summed E-state index contributed by atoms with van der Waals surface area (Å²) in [6, 6.07) is 4.78. The van der Waals surface area contributed by atoms with Gasteiger partial charge in [0.25, 0.3) is 11.6 Å². The second-order valence-corrected chi connectivity index (χ2v) is 6.66. The number of piperazine rings is 1. The number of hydrogen-bond donors (Lipinski definition) is 0. The average Bonchev–Trinajstić information content (AvgIpc) is 2.70. The molecule has 8 nitrogen and oxygen atoms in total. The number of amides is 1. The van der Waals surface area contributed by atoms with Gasteiger partial charge in [-0.1, -0.05) is 0 Å². The molecule has 29 heavy (non-hydrogen) atoms. The van der Waals surface area contributed by atoms with Gasteiger partial charge in [0, 0.05) is 55.7 Å². The van der Waals surface area contributed by atoms with E-state index < -0.39 is 29.7 Å². The summed E-state index contributed by atoms with van der Waals surface area (Å²) in [6.07, 6.45) is -2.68. The van der Waals surface area contributed by atoms with Gasteiger partial charge in [-0.15, -0.1) is 0 Å². The quantitative estimate of drug-likeness (QED) is 0.554. The van der Waals surface area contributed by atoms with Crippen LogP contribution in [0.25, 0.3) is 10.8 Å². The zero-order valence-corrected chi connectivity index (χ0v) is 15.6. The van der Waals surface area contributed by atoms with Crippen molar-refractivity contribution in [1.82, 2.24) is 9.88 Å². The SMILES string of the molecule is C[C@H](OCC(F)(F)F)C(=O)N1CCN(c2ccc([N+](=O)[O-])c3cnccc23)CC1. The lowest BCUT2D eigenvalue weighted by molar-refractivity contribution is -0.383. The van der Waals surface area contributed by atoms with Gasteiger partial charge < -0.3 is 14.5 Å². The molecule has 0 aliphatic carbocycles. The number of alkyl halides is 3. The minimum Gasteiger partial charge on any atom is -0.367 e. The Morgan fingerprint density at radius 2 is 1.93 bits per heavy atom. The molecule has 0 saturated carbocycles. The molecule has 2 aromatic rings. The van der Waals surface area contributed by atoms with Gasteiger partial charge in [0.15, 0.2) is 0 Å². The van der Waals surface area contributed by atoms with Crippen molar-refractivity contribution in [2.45, 2.75) is 19.2 Å². The Hall–Kier alpha value is -2.95. The first-order chi connectivity index (χ1) is 13.7. The van der Waals surface area contributed by atoms with E-state index in [-0.39, 0.29) is 5.69 Å². The molecule has 0 bridgehead atoms. The fourth-order valence-electron chi connectivity index (χ4n) is 3.31. The van der Waals surface area contributed by atoms with Gasteiger partial charge in [-0.2, -0.15) is 13.2 Å². The molecular formula is C18H19F3N4O4. The maximum absolute atomic E-state index is 12.3. The fraction of sp³-hybridized carbons (Fsp3) is 0.444.